The lowest BCUT2D eigenvalue weighted by atomic mass is 10.2. The van der Waals surface area contributed by atoms with Gasteiger partial charge in [0.1, 0.15) is 12.4 Å². The average molecular weight is 205 g/mol. The molecule has 0 fully saturated rings. The molecule has 1 aromatic rings. The molecule has 0 aliphatic heterocycles. The summed E-state index contributed by atoms with van der Waals surface area (Å²) in [6.07, 6.45) is 5.04. The van der Waals surface area contributed by atoms with Gasteiger partial charge in [0, 0.05) is 0 Å². The van der Waals surface area contributed by atoms with Crippen LogP contribution in [-0.4, -0.2) is 19.7 Å². The number of benzene rings is 1. The summed E-state index contributed by atoms with van der Waals surface area (Å²) in [5, 5.41) is 0. The number of hydrogen-bond donors (Lipinski definition) is 1. The highest BCUT2D eigenvalue weighted by Gasteiger charge is 2.08. The maximum atomic E-state index is 11.2. The number of hydrogen-bond acceptors (Lipinski definition) is 4. The van der Waals surface area contributed by atoms with Gasteiger partial charge in [-0.1, -0.05) is 5.92 Å². The second-order valence-electron chi connectivity index (χ2n) is 2.74. The molecular weight excluding hydrogens is 194 g/mol. The van der Waals surface area contributed by atoms with Crippen LogP contribution in [0.15, 0.2) is 18.2 Å². The maximum Gasteiger partial charge on any atom is 0.337 e. The SMILES string of the molecule is C#CCOc1cc(C(=O)OC)ccc1N. The molecule has 0 aliphatic rings. The minimum Gasteiger partial charge on any atom is -0.479 e. The maximum absolute atomic E-state index is 11.2. The van der Waals surface area contributed by atoms with E-state index in [-0.39, 0.29) is 6.61 Å². The van der Waals surface area contributed by atoms with E-state index >= 15 is 0 Å². The van der Waals surface area contributed by atoms with Gasteiger partial charge >= 0.3 is 5.97 Å². The predicted octanol–water partition coefficient (Wildman–Crippen LogP) is 1.07. The van der Waals surface area contributed by atoms with Gasteiger partial charge in [-0.15, -0.1) is 6.42 Å². The standard InChI is InChI=1S/C11H11NO3/c1-3-6-15-10-7-8(11(13)14-2)4-5-9(10)12/h1,4-5,7H,6,12H2,2H3. The zero-order valence-electron chi connectivity index (χ0n) is 8.32. The molecule has 0 bridgehead atoms. The fourth-order valence-corrected chi connectivity index (χ4v) is 1.02. The highest BCUT2D eigenvalue weighted by Crippen LogP contribution is 2.22. The summed E-state index contributed by atoms with van der Waals surface area (Å²) in [4.78, 5) is 11.2. The van der Waals surface area contributed by atoms with Crippen LogP contribution in [0.2, 0.25) is 0 Å². The quantitative estimate of drug-likeness (QED) is 0.455. The first-order valence-electron chi connectivity index (χ1n) is 4.23. The number of methoxy groups -OCH3 is 1. The lowest BCUT2D eigenvalue weighted by molar-refractivity contribution is 0.0600. The molecule has 0 aromatic heterocycles. The molecule has 2 N–H and O–H groups in total. The van der Waals surface area contributed by atoms with Gasteiger partial charge in [-0.3, -0.25) is 0 Å². The van der Waals surface area contributed by atoms with Crippen molar-refractivity contribution in [3.63, 3.8) is 0 Å². The third kappa shape index (κ3) is 2.64. The highest BCUT2D eigenvalue weighted by molar-refractivity contribution is 5.90. The van der Waals surface area contributed by atoms with Gasteiger partial charge in [0.15, 0.2) is 0 Å². The van der Waals surface area contributed by atoms with Gasteiger partial charge in [-0.25, -0.2) is 4.79 Å². The molecule has 4 heteroatoms. The van der Waals surface area contributed by atoms with Crippen molar-refractivity contribution in [1.82, 2.24) is 0 Å². The van der Waals surface area contributed by atoms with Crippen LogP contribution in [0.5, 0.6) is 5.75 Å². The number of anilines is 1. The van der Waals surface area contributed by atoms with Gasteiger partial charge < -0.3 is 15.2 Å². The number of carbonyl (C=O) groups is 1. The Bertz CT molecular complexity index is 407. The van der Waals surface area contributed by atoms with Crippen LogP contribution >= 0.6 is 0 Å². The third-order valence-electron chi connectivity index (χ3n) is 1.75. The Labute approximate surface area is 88.0 Å². The van der Waals surface area contributed by atoms with Crippen LogP contribution in [-0.2, 0) is 4.74 Å². The van der Waals surface area contributed by atoms with Gasteiger partial charge in [0.2, 0.25) is 0 Å². The van der Waals surface area contributed by atoms with Crippen LogP contribution in [0, 0.1) is 12.3 Å². The first kappa shape index (κ1) is 10.9. The van der Waals surface area contributed by atoms with Crippen molar-refractivity contribution in [2.24, 2.45) is 0 Å². The summed E-state index contributed by atoms with van der Waals surface area (Å²) in [7, 11) is 1.31. The molecule has 1 aromatic carbocycles. The van der Waals surface area contributed by atoms with Crippen molar-refractivity contribution in [3.8, 4) is 18.1 Å². The Kier molecular flexibility index (Phi) is 3.58. The number of ether oxygens (including phenoxy) is 2. The van der Waals surface area contributed by atoms with Crippen molar-refractivity contribution < 1.29 is 14.3 Å². The van der Waals surface area contributed by atoms with E-state index in [0.717, 1.165) is 0 Å². The number of rotatable bonds is 3. The van der Waals surface area contributed by atoms with Crippen molar-refractivity contribution in [2.75, 3.05) is 19.5 Å². The summed E-state index contributed by atoms with van der Waals surface area (Å²) < 4.78 is 9.71. The number of esters is 1. The molecule has 0 atom stereocenters. The largest absolute Gasteiger partial charge is 0.479 e. The van der Waals surface area contributed by atoms with Crippen LogP contribution < -0.4 is 10.5 Å². The number of nitrogens with two attached hydrogens (primary N) is 1. The second-order valence-corrected chi connectivity index (χ2v) is 2.74. The molecule has 0 saturated carbocycles. The van der Waals surface area contributed by atoms with E-state index in [1.165, 1.54) is 13.2 Å². The Morgan fingerprint density at radius 1 is 1.60 bits per heavy atom. The van der Waals surface area contributed by atoms with Crippen molar-refractivity contribution >= 4 is 11.7 Å². The van der Waals surface area contributed by atoms with E-state index < -0.39 is 5.97 Å². The first-order chi connectivity index (χ1) is 7.19. The Balaban J connectivity index is 2.95. The molecule has 0 spiro atoms. The zero-order chi connectivity index (χ0) is 11.3. The van der Waals surface area contributed by atoms with Crippen molar-refractivity contribution in [3.05, 3.63) is 23.8 Å². The monoisotopic (exact) mass is 205 g/mol. The molecule has 15 heavy (non-hydrogen) atoms. The van der Waals surface area contributed by atoms with Gasteiger partial charge in [-0.05, 0) is 18.2 Å². The zero-order valence-corrected chi connectivity index (χ0v) is 8.32. The summed E-state index contributed by atoms with van der Waals surface area (Å²) >= 11 is 0. The van der Waals surface area contributed by atoms with Gasteiger partial charge in [0.25, 0.3) is 0 Å². The van der Waals surface area contributed by atoms with E-state index in [9.17, 15) is 4.79 Å². The summed E-state index contributed by atoms with van der Waals surface area (Å²) in [5.74, 6) is 2.25. The Hall–Kier alpha value is -2.15. The molecule has 0 saturated heterocycles. The number of nitrogen functional groups attached to an aromatic ring is 1. The Morgan fingerprint density at radius 2 is 2.33 bits per heavy atom. The van der Waals surface area contributed by atoms with E-state index in [2.05, 4.69) is 10.7 Å². The normalized spacial score (nSPS) is 9.07. The molecule has 0 aliphatic carbocycles. The van der Waals surface area contributed by atoms with Crippen LogP contribution in [0.1, 0.15) is 10.4 Å². The summed E-state index contributed by atoms with van der Waals surface area (Å²) in [5.41, 5.74) is 6.43. The van der Waals surface area contributed by atoms with E-state index in [4.69, 9.17) is 16.9 Å². The van der Waals surface area contributed by atoms with E-state index in [0.29, 0.717) is 17.0 Å². The second kappa shape index (κ2) is 4.91. The van der Waals surface area contributed by atoms with Crippen molar-refractivity contribution in [2.45, 2.75) is 0 Å². The minimum atomic E-state index is -0.444. The molecule has 0 heterocycles. The third-order valence-corrected chi connectivity index (χ3v) is 1.75. The van der Waals surface area contributed by atoms with Crippen LogP contribution in [0.25, 0.3) is 0 Å². The molecular formula is C11H11NO3. The van der Waals surface area contributed by atoms with Gasteiger partial charge in [0.05, 0.1) is 18.4 Å². The fraction of sp³-hybridized carbons (Fsp3) is 0.182. The lowest BCUT2D eigenvalue weighted by Crippen LogP contribution is -2.04. The molecule has 4 nitrogen and oxygen atoms in total. The first-order valence-corrected chi connectivity index (χ1v) is 4.23. The topological polar surface area (TPSA) is 61.5 Å². The van der Waals surface area contributed by atoms with E-state index in [1.54, 1.807) is 12.1 Å². The minimum absolute atomic E-state index is 0.106. The molecule has 0 amide bonds. The summed E-state index contributed by atoms with van der Waals surface area (Å²) in [6, 6.07) is 4.63. The molecule has 78 valence electrons. The van der Waals surface area contributed by atoms with Crippen LogP contribution in [0.4, 0.5) is 5.69 Å². The predicted molar refractivity (Wildman–Crippen MR) is 56.5 cm³/mol. The highest BCUT2D eigenvalue weighted by atomic mass is 16.5. The smallest absolute Gasteiger partial charge is 0.337 e. The van der Waals surface area contributed by atoms with Gasteiger partial charge in [-0.2, -0.15) is 0 Å². The molecule has 0 radical (unpaired) electrons. The number of terminal acetylenes is 1. The average Bonchev–Trinajstić information content (AvgIpc) is 2.27. The lowest BCUT2D eigenvalue weighted by Gasteiger charge is -2.07. The number of carbonyl (C=O) groups excluding carboxylic acids is 1. The van der Waals surface area contributed by atoms with Crippen LogP contribution in [0.3, 0.4) is 0 Å². The van der Waals surface area contributed by atoms with Crippen molar-refractivity contribution in [1.29, 1.82) is 0 Å². The molecule has 0 unspecified atom stereocenters. The Morgan fingerprint density at radius 3 is 2.93 bits per heavy atom. The summed E-state index contributed by atoms with van der Waals surface area (Å²) in [6.45, 7) is 0.106. The fourth-order valence-electron chi connectivity index (χ4n) is 1.02. The van der Waals surface area contributed by atoms with E-state index in [1.807, 2.05) is 0 Å². The molecule has 1 rings (SSSR count).